The second kappa shape index (κ2) is 6.95. The average Bonchev–Trinajstić information content (AvgIpc) is 3.07. The molecule has 3 aromatic rings. The fourth-order valence-corrected chi connectivity index (χ4v) is 3.50. The Balaban J connectivity index is 1.83. The number of nitrogens with zero attached hydrogens (tertiary/aromatic N) is 2. The van der Waals surface area contributed by atoms with E-state index >= 15 is 0 Å². The molecule has 0 bridgehead atoms. The number of carbonyl (C=O) groups is 1. The zero-order chi connectivity index (χ0) is 17.9. The van der Waals surface area contributed by atoms with Crippen LogP contribution in [0.15, 0.2) is 58.9 Å². The van der Waals surface area contributed by atoms with Gasteiger partial charge in [0, 0.05) is 5.56 Å². The van der Waals surface area contributed by atoms with Crippen molar-refractivity contribution in [1.82, 2.24) is 10.2 Å². The van der Waals surface area contributed by atoms with Crippen LogP contribution in [0.2, 0.25) is 0 Å². The Kier molecular flexibility index (Phi) is 4.72. The molecule has 0 spiro atoms. The number of halogens is 1. The minimum atomic E-state index is -3.97. The van der Waals surface area contributed by atoms with Gasteiger partial charge in [-0.3, -0.25) is 14.8 Å². The lowest BCUT2D eigenvalue weighted by atomic mass is 10.2. The van der Waals surface area contributed by atoms with Gasteiger partial charge in [0.25, 0.3) is 15.9 Å². The van der Waals surface area contributed by atoms with Crippen molar-refractivity contribution in [2.24, 2.45) is 0 Å². The Morgan fingerprint density at radius 3 is 2.64 bits per heavy atom. The Bertz CT molecular complexity index is 1010. The second-order valence-electron chi connectivity index (χ2n) is 4.84. The molecule has 2 N–H and O–H groups in total. The molecular weight excluding hydrogens is 367 g/mol. The van der Waals surface area contributed by atoms with Crippen LogP contribution in [-0.4, -0.2) is 24.5 Å². The summed E-state index contributed by atoms with van der Waals surface area (Å²) in [7, 11) is -3.97. The first kappa shape index (κ1) is 17.0. The van der Waals surface area contributed by atoms with Crippen molar-refractivity contribution in [2.45, 2.75) is 4.90 Å². The first-order chi connectivity index (χ1) is 11.9. The fourth-order valence-electron chi connectivity index (χ4n) is 1.97. The predicted molar refractivity (Wildman–Crippen MR) is 91.5 cm³/mol. The molecule has 10 heteroatoms. The van der Waals surface area contributed by atoms with Gasteiger partial charge in [0.2, 0.25) is 5.13 Å². The van der Waals surface area contributed by atoms with Crippen LogP contribution in [0.25, 0.3) is 0 Å². The number of benzene rings is 2. The molecule has 0 saturated heterocycles. The number of amides is 1. The van der Waals surface area contributed by atoms with Crippen LogP contribution in [0.5, 0.6) is 0 Å². The molecule has 1 amide bonds. The van der Waals surface area contributed by atoms with Gasteiger partial charge in [0.05, 0.1) is 10.6 Å². The number of anilines is 2. The number of aromatic nitrogens is 2. The largest absolute Gasteiger partial charge is 0.296 e. The third-order valence-corrected chi connectivity index (χ3v) is 5.05. The second-order valence-corrected chi connectivity index (χ2v) is 7.36. The number of hydrogen-bond acceptors (Lipinski definition) is 6. The molecule has 128 valence electrons. The molecule has 0 unspecified atom stereocenters. The molecule has 1 aromatic heterocycles. The van der Waals surface area contributed by atoms with Crippen molar-refractivity contribution in [3.63, 3.8) is 0 Å². The first-order valence-electron chi connectivity index (χ1n) is 6.90. The molecule has 0 fully saturated rings. The molecule has 0 saturated carbocycles. The van der Waals surface area contributed by atoms with Crippen LogP contribution in [0.1, 0.15) is 10.4 Å². The summed E-state index contributed by atoms with van der Waals surface area (Å²) in [6.07, 6.45) is 0. The molecule has 25 heavy (non-hydrogen) atoms. The lowest BCUT2D eigenvalue weighted by Gasteiger charge is -2.09. The van der Waals surface area contributed by atoms with Gasteiger partial charge in [-0.25, -0.2) is 12.8 Å². The van der Waals surface area contributed by atoms with Crippen LogP contribution >= 0.6 is 11.3 Å². The smallest absolute Gasteiger partial charge is 0.261 e. The van der Waals surface area contributed by atoms with E-state index in [2.05, 4.69) is 20.2 Å². The average molecular weight is 378 g/mol. The van der Waals surface area contributed by atoms with Crippen molar-refractivity contribution >= 4 is 38.1 Å². The predicted octanol–water partition coefficient (Wildman–Crippen LogP) is 2.73. The van der Waals surface area contributed by atoms with Crippen LogP contribution < -0.4 is 10.0 Å². The van der Waals surface area contributed by atoms with Crippen molar-refractivity contribution < 1.29 is 17.6 Å². The van der Waals surface area contributed by atoms with Crippen LogP contribution in [0.4, 0.5) is 15.2 Å². The Hall–Kier alpha value is -2.85. The van der Waals surface area contributed by atoms with Gasteiger partial charge in [-0.2, -0.15) is 0 Å². The Labute approximate surface area is 146 Å². The molecule has 0 aliphatic rings. The molecule has 1 heterocycles. The number of sulfonamides is 1. The van der Waals surface area contributed by atoms with Gasteiger partial charge >= 0.3 is 0 Å². The standard InChI is InChI=1S/C15H11FN4O3S2/c16-11-4-2-5-12(8-11)20-25(22,23)13-6-1-3-10(7-13)14(21)18-15-19-17-9-24-15/h1-9,20H,(H,18,19,21). The quantitative estimate of drug-likeness (QED) is 0.711. The van der Waals surface area contributed by atoms with E-state index in [-0.39, 0.29) is 16.1 Å². The van der Waals surface area contributed by atoms with E-state index in [9.17, 15) is 17.6 Å². The number of carbonyl (C=O) groups excluding carboxylic acids is 1. The summed E-state index contributed by atoms with van der Waals surface area (Å²) in [5.41, 5.74) is 1.68. The first-order valence-corrected chi connectivity index (χ1v) is 9.26. The highest BCUT2D eigenvalue weighted by molar-refractivity contribution is 7.92. The zero-order valence-corrected chi connectivity index (χ0v) is 14.1. The number of nitrogens with one attached hydrogen (secondary N) is 2. The third kappa shape index (κ3) is 4.17. The molecule has 3 rings (SSSR count). The normalized spacial score (nSPS) is 11.1. The molecule has 0 aliphatic heterocycles. The van der Waals surface area contributed by atoms with E-state index in [1.807, 2.05) is 0 Å². The van der Waals surface area contributed by atoms with E-state index in [0.29, 0.717) is 5.13 Å². The summed E-state index contributed by atoms with van der Waals surface area (Å²) in [5.74, 6) is -1.08. The monoisotopic (exact) mass is 378 g/mol. The van der Waals surface area contributed by atoms with Crippen LogP contribution in [0, 0.1) is 5.82 Å². The highest BCUT2D eigenvalue weighted by atomic mass is 32.2. The van der Waals surface area contributed by atoms with Crippen molar-refractivity contribution in [1.29, 1.82) is 0 Å². The molecule has 2 aromatic carbocycles. The van der Waals surface area contributed by atoms with Crippen LogP contribution in [-0.2, 0) is 10.0 Å². The van der Waals surface area contributed by atoms with Crippen molar-refractivity contribution in [2.75, 3.05) is 10.0 Å². The van der Waals surface area contributed by atoms with Crippen LogP contribution in [0.3, 0.4) is 0 Å². The summed E-state index contributed by atoms with van der Waals surface area (Å²) >= 11 is 1.14. The third-order valence-electron chi connectivity index (χ3n) is 3.06. The van der Waals surface area contributed by atoms with E-state index < -0.39 is 21.7 Å². The van der Waals surface area contributed by atoms with E-state index in [1.54, 1.807) is 0 Å². The summed E-state index contributed by atoms with van der Waals surface area (Å²) in [4.78, 5) is 12.0. The van der Waals surface area contributed by atoms with Gasteiger partial charge in [-0.1, -0.05) is 23.5 Å². The van der Waals surface area contributed by atoms with Crippen molar-refractivity contribution in [3.05, 3.63) is 65.4 Å². The highest BCUT2D eigenvalue weighted by Gasteiger charge is 2.17. The van der Waals surface area contributed by atoms with Gasteiger partial charge in [0.15, 0.2) is 0 Å². The summed E-state index contributed by atoms with van der Waals surface area (Å²) < 4.78 is 40.3. The Morgan fingerprint density at radius 2 is 1.92 bits per heavy atom. The molecule has 0 aliphatic carbocycles. The molecular formula is C15H11FN4O3S2. The SMILES string of the molecule is O=C(Nc1nncs1)c1cccc(S(=O)(=O)Nc2cccc(F)c2)c1. The van der Waals surface area contributed by atoms with Gasteiger partial charge < -0.3 is 0 Å². The van der Waals surface area contributed by atoms with Gasteiger partial charge in [-0.05, 0) is 36.4 Å². The molecule has 0 radical (unpaired) electrons. The fraction of sp³-hybridized carbons (Fsp3) is 0. The lowest BCUT2D eigenvalue weighted by molar-refractivity contribution is 0.102. The van der Waals surface area contributed by atoms with Gasteiger partial charge in [-0.15, -0.1) is 10.2 Å². The summed E-state index contributed by atoms with van der Waals surface area (Å²) in [6.45, 7) is 0. The molecule has 0 atom stereocenters. The number of rotatable bonds is 5. The lowest BCUT2D eigenvalue weighted by Crippen LogP contribution is -2.16. The highest BCUT2D eigenvalue weighted by Crippen LogP contribution is 2.19. The maximum atomic E-state index is 13.2. The van der Waals surface area contributed by atoms with E-state index in [1.165, 1.54) is 48.0 Å². The Morgan fingerprint density at radius 1 is 1.12 bits per heavy atom. The maximum absolute atomic E-state index is 13.2. The van der Waals surface area contributed by atoms with Crippen molar-refractivity contribution in [3.8, 4) is 0 Å². The van der Waals surface area contributed by atoms with Gasteiger partial charge in [0.1, 0.15) is 11.3 Å². The zero-order valence-electron chi connectivity index (χ0n) is 12.5. The number of hydrogen-bond donors (Lipinski definition) is 2. The minimum Gasteiger partial charge on any atom is -0.296 e. The maximum Gasteiger partial charge on any atom is 0.261 e. The molecule has 7 nitrogen and oxygen atoms in total. The topological polar surface area (TPSA) is 101 Å². The van der Waals surface area contributed by atoms with E-state index in [4.69, 9.17) is 0 Å². The summed E-state index contributed by atoms with van der Waals surface area (Å²) in [6, 6.07) is 10.5. The van der Waals surface area contributed by atoms with E-state index in [0.717, 1.165) is 17.4 Å². The summed E-state index contributed by atoms with van der Waals surface area (Å²) in [5, 5.41) is 10.1. The minimum absolute atomic E-state index is 0.0868.